The molecule has 22 heavy (non-hydrogen) atoms. The summed E-state index contributed by atoms with van der Waals surface area (Å²) >= 11 is 0. The van der Waals surface area contributed by atoms with Crippen molar-refractivity contribution >= 4 is 5.78 Å². The molecular weight excluding hydrogens is 284 g/mol. The predicted molar refractivity (Wildman–Crippen MR) is 84.4 cm³/mol. The molecule has 0 saturated carbocycles. The van der Waals surface area contributed by atoms with E-state index in [1.165, 1.54) is 20.3 Å². The molecule has 5 nitrogen and oxygen atoms in total. The molecule has 0 aromatic rings. The highest BCUT2D eigenvalue weighted by atomic mass is 16.5. The van der Waals surface area contributed by atoms with E-state index in [4.69, 9.17) is 14.2 Å². The molecule has 1 unspecified atom stereocenters. The molecule has 0 spiro atoms. The Hall–Kier alpha value is -1.43. The molecule has 0 fully saturated rings. The Bertz CT molecular complexity index is 489. The number of ether oxygens (including phenoxy) is 3. The number of aliphatic hydroxyl groups is 1. The van der Waals surface area contributed by atoms with E-state index < -0.39 is 17.3 Å². The summed E-state index contributed by atoms with van der Waals surface area (Å²) in [4.78, 5) is 12.1. The quantitative estimate of drug-likeness (QED) is 0.696. The van der Waals surface area contributed by atoms with Gasteiger partial charge in [0, 0.05) is 32.3 Å². The van der Waals surface area contributed by atoms with Gasteiger partial charge in [-0.1, -0.05) is 6.08 Å². The second-order valence-corrected chi connectivity index (χ2v) is 5.86. The van der Waals surface area contributed by atoms with Crippen molar-refractivity contribution in [3.8, 4) is 0 Å². The number of allylic oxidation sites excluding steroid dienone is 3. The lowest BCUT2D eigenvalue weighted by Crippen LogP contribution is -2.47. The molecule has 0 saturated heterocycles. The largest absolute Gasteiger partial charge is 0.498 e. The number of hydrogen-bond acceptors (Lipinski definition) is 5. The standard InChI is InChI=1S/C17H26O5/c1-7-8-12-10-17(22-6,15(20-4)9-13(12)18)11-14(19)16(2,3)21-5/h7,9-10,14,19H,1,8,11H2,2-6H3/t14?,17-/m1/s1. The molecule has 1 aliphatic rings. The average molecular weight is 310 g/mol. The zero-order valence-electron chi connectivity index (χ0n) is 14.0. The third-order valence-corrected chi connectivity index (χ3v) is 4.18. The Balaban J connectivity index is 3.23. The van der Waals surface area contributed by atoms with Gasteiger partial charge < -0.3 is 19.3 Å². The topological polar surface area (TPSA) is 65.0 Å². The maximum Gasteiger partial charge on any atom is 0.185 e. The van der Waals surface area contributed by atoms with Crippen LogP contribution in [-0.4, -0.2) is 49.5 Å². The number of rotatable bonds is 8. The van der Waals surface area contributed by atoms with Crippen LogP contribution in [0.3, 0.4) is 0 Å². The lowest BCUT2D eigenvalue weighted by atomic mass is 9.81. The van der Waals surface area contributed by atoms with E-state index in [0.29, 0.717) is 17.8 Å². The van der Waals surface area contributed by atoms with Crippen molar-refractivity contribution in [2.24, 2.45) is 0 Å². The maximum absolute atomic E-state index is 12.1. The number of ketones is 1. The molecule has 1 aliphatic carbocycles. The smallest absolute Gasteiger partial charge is 0.185 e. The monoisotopic (exact) mass is 310 g/mol. The van der Waals surface area contributed by atoms with Crippen LogP contribution in [0.1, 0.15) is 26.7 Å². The van der Waals surface area contributed by atoms with Gasteiger partial charge in [0.15, 0.2) is 5.78 Å². The van der Waals surface area contributed by atoms with E-state index in [0.717, 1.165) is 0 Å². The van der Waals surface area contributed by atoms with E-state index in [9.17, 15) is 9.90 Å². The Labute approximate surface area is 132 Å². The van der Waals surface area contributed by atoms with Crippen LogP contribution < -0.4 is 0 Å². The fourth-order valence-electron chi connectivity index (χ4n) is 2.38. The lowest BCUT2D eigenvalue weighted by molar-refractivity contribution is -0.116. The first-order valence-electron chi connectivity index (χ1n) is 7.17. The van der Waals surface area contributed by atoms with Gasteiger partial charge in [0.05, 0.1) is 18.8 Å². The molecule has 5 heteroatoms. The molecular formula is C17H26O5. The number of carbonyl (C=O) groups excluding carboxylic acids is 1. The van der Waals surface area contributed by atoms with Gasteiger partial charge >= 0.3 is 0 Å². The lowest BCUT2D eigenvalue weighted by Gasteiger charge is -2.39. The number of aliphatic hydroxyl groups excluding tert-OH is 1. The van der Waals surface area contributed by atoms with Crippen LogP contribution in [0.15, 0.2) is 36.1 Å². The van der Waals surface area contributed by atoms with Gasteiger partial charge in [-0.3, -0.25) is 4.79 Å². The Kier molecular flexibility index (Phi) is 6.11. The van der Waals surface area contributed by atoms with Gasteiger partial charge in [-0.2, -0.15) is 0 Å². The molecule has 2 atom stereocenters. The van der Waals surface area contributed by atoms with Crippen LogP contribution in [0.2, 0.25) is 0 Å². The van der Waals surface area contributed by atoms with Crippen LogP contribution in [0.5, 0.6) is 0 Å². The summed E-state index contributed by atoms with van der Waals surface area (Å²) in [5.74, 6) is 0.240. The molecule has 0 amide bonds. The summed E-state index contributed by atoms with van der Waals surface area (Å²) in [5.41, 5.74) is -1.19. The molecule has 1 rings (SSSR count). The highest BCUT2D eigenvalue weighted by Crippen LogP contribution is 2.37. The highest BCUT2D eigenvalue weighted by Gasteiger charge is 2.43. The van der Waals surface area contributed by atoms with Gasteiger partial charge in [-0.05, 0) is 26.3 Å². The van der Waals surface area contributed by atoms with Crippen molar-refractivity contribution in [2.45, 2.75) is 44.0 Å². The summed E-state index contributed by atoms with van der Waals surface area (Å²) in [7, 11) is 4.55. The van der Waals surface area contributed by atoms with Crippen molar-refractivity contribution < 1.29 is 24.1 Å². The molecule has 0 aromatic heterocycles. The van der Waals surface area contributed by atoms with Gasteiger partial charge in [0.25, 0.3) is 0 Å². The molecule has 1 N–H and O–H groups in total. The number of hydrogen-bond donors (Lipinski definition) is 1. The van der Waals surface area contributed by atoms with Crippen molar-refractivity contribution in [1.82, 2.24) is 0 Å². The second-order valence-electron chi connectivity index (χ2n) is 5.86. The van der Waals surface area contributed by atoms with E-state index in [-0.39, 0.29) is 12.2 Å². The van der Waals surface area contributed by atoms with E-state index in [1.54, 1.807) is 33.1 Å². The summed E-state index contributed by atoms with van der Waals surface area (Å²) in [6.45, 7) is 7.24. The third-order valence-electron chi connectivity index (χ3n) is 4.18. The SMILES string of the molecule is C=CCC1=C[C@](CC(O)C(C)(C)OC)(OC)C(OC)=CC1=O. The molecule has 0 aliphatic heterocycles. The molecule has 0 aromatic carbocycles. The minimum absolute atomic E-state index is 0.134. The van der Waals surface area contributed by atoms with Crippen LogP contribution >= 0.6 is 0 Å². The van der Waals surface area contributed by atoms with E-state index in [2.05, 4.69) is 6.58 Å². The van der Waals surface area contributed by atoms with Crippen LogP contribution in [0.4, 0.5) is 0 Å². The molecule has 0 heterocycles. The second kappa shape index (κ2) is 7.22. The fraction of sp³-hybridized carbons (Fsp3) is 0.588. The minimum Gasteiger partial charge on any atom is -0.498 e. The Morgan fingerprint density at radius 3 is 2.50 bits per heavy atom. The maximum atomic E-state index is 12.1. The highest BCUT2D eigenvalue weighted by molar-refractivity contribution is 6.06. The van der Waals surface area contributed by atoms with Gasteiger partial charge in [-0.25, -0.2) is 0 Å². The van der Waals surface area contributed by atoms with Gasteiger partial charge in [0.2, 0.25) is 0 Å². The number of methoxy groups -OCH3 is 3. The average Bonchev–Trinajstić information content (AvgIpc) is 2.50. The van der Waals surface area contributed by atoms with Crippen LogP contribution in [-0.2, 0) is 19.0 Å². The van der Waals surface area contributed by atoms with E-state index in [1.807, 2.05) is 0 Å². The number of carbonyl (C=O) groups is 1. The van der Waals surface area contributed by atoms with Crippen molar-refractivity contribution in [3.05, 3.63) is 36.1 Å². The first-order chi connectivity index (χ1) is 10.3. The molecule has 124 valence electrons. The summed E-state index contributed by atoms with van der Waals surface area (Å²) in [6, 6.07) is 0. The summed E-state index contributed by atoms with van der Waals surface area (Å²) in [5, 5.41) is 10.5. The fourth-order valence-corrected chi connectivity index (χ4v) is 2.38. The minimum atomic E-state index is -1.00. The summed E-state index contributed by atoms with van der Waals surface area (Å²) in [6.07, 6.45) is 4.61. The first kappa shape index (κ1) is 18.6. The Morgan fingerprint density at radius 1 is 1.41 bits per heavy atom. The summed E-state index contributed by atoms with van der Waals surface area (Å²) < 4.78 is 16.3. The zero-order valence-corrected chi connectivity index (χ0v) is 14.0. The van der Waals surface area contributed by atoms with E-state index >= 15 is 0 Å². The van der Waals surface area contributed by atoms with Crippen molar-refractivity contribution in [2.75, 3.05) is 21.3 Å². The molecule has 0 radical (unpaired) electrons. The van der Waals surface area contributed by atoms with Crippen LogP contribution in [0, 0.1) is 0 Å². The van der Waals surface area contributed by atoms with Crippen molar-refractivity contribution in [3.63, 3.8) is 0 Å². The zero-order chi connectivity index (χ0) is 17.0. The Morgan fingerprint density at radius 2 is 2.05 bits per heavy atom. The van der Waals surface area contributed by atoms with Gasteiger partial charge in [0.1, 0.15) is 11.4 Å². The van der Waals surface area contributed by atoms with Gasteiger partial charge in [-0.15, -0.1) is 6.58 Å². The molecule has 0 bridgehead atoms. The third kappa shape index (κ3) is 3.66. The first-order valence-corrected chi connectivity index (χ1v) is 7.17. The van der Waals surface area contributed by atoms with Crippen molar-refractivity contribution in [1.29, 1.82) is 0 Å². The van der Waals surface area contributed by atoms with Crippen LogP contribution in [0.25, 0.3) is 0 Å². The normalized spacial score (nSPS) is 23.6. The predicted octanol–water partition coefficient (Wildman–Crippen LogP) is 2.16.